The lowest BCUT2D eigenvalue weighted by atomic mass is 9.82. The van der Waals surface area contributed by atoms with Gasteiger partial charge in [-0.2, -0.15) is 0 Å². The van der Waals surface area contributed by atoms with Gasteiger partial charge in [0.1, 0.15) is 0 Å². The third kappa shape index (κ3) is 10.3. The summed E-state index contributed by atoms with van der Waals surface area (Å²) in [5.41, 5.74) is 24.0. The van der Waals surface area contributed by atoms with E-state index in [1.807, 2.05) is 0 Å². The summed E-state index contributed by atoms with van der Waals surface area (Å²) in [6.07, 6.45) is 17.6. The van der Waals surface area contributed by atoms with Gasteiger partial charge in [0, 0.05) is 38.9 Å². The number of aromatic nitrogens is 1. The lowest BCUT2D eigenvalue weighted by Crippen LogP contribution is -2.16. The predicted molar refractivity (Wildman–Crippen MR) is 324 cm³/mol. The SMILES string of the molecule is CCCCCCCCCCCCCCc1cc(C)ccc1-c1cc(C)cc(-n2c3ccccc3c3c(-c4ccc(N(c5ccc(-c6ccccc6)cc5)c5ccc6c(c5)C(C)(C)c5ccccc5-6)cc4)cccc32)c1. The number of hydrogen-bond acceptors (Lipinski definition) is 1. The van der Waals surface area contributed by atoms with Crippen LogP contribution >= 0.6 is 0 Å². The van der Waals surface area contributed by atoms with Crippen LogP contribution in [0.2, 0.25) is 0 Å². The molecule has 2 nitrogen and oxygen atoms in total. The van der Waals surface area contributed by atoms with E-state index in [0.717, 1.165) is 23.5 Å². The highest BCUT2D eigenvalue weighted by Crippen LogP contribution is 2.51. The molecule has 10 aromatic rings. The van der Waals surface area contributed by atoms with Gasteiger partial charge in [0.2, 0.25) is 0 Å². The van der Waals surface area contributed by atoms with Gasteiger partial charge in [0.25, 0.3) is 0 Å². The molecule has 1 heterocycles. The Morgan fingerprint density at radius 3 is 1.69 bits per heavy atom. The molecule has 2 heteroatoms. The molecule has 0 atom stereocenters. The number of para-hydroxylation sites is 1. The first-order valence-corrected chi connectivity index (χ1v) is 28.3. The fraction of sp³-hybridized carbons (Fsp3) is 0.260. The molecule has 1 aromatic heterocycles. The van der Waals surface area contributed by atoms with Crippen molar-refractivity contribution in [3.8, 4) is 50.2 Å². The largest absolute Gasteiger partial charge is 0.310 e. The number of benzene rings is 9. The third-order valence-electron chi connectivity index (χ3n) is 16.4. The first-order valence-electron chi connectivity index (χ1n) is 28.3. The average molecular weight is 979 g/mol. The van der Waals surface area contributed by atoms with E-state index in [0.29, 0.717) is 0 Å². The molecule has 0 fully saturated rings. The van der Waals surface area contributed by atoms with Gasteiger partial charge in [-0.1, -0.05) is 236 Å². The van der Waals surface area contributed by atoms with Crippen molar-refractivity contribution >= 4 is 38.9 Å². The van der Waals surface area contributed by atoms with Crippen LogP contribution in [0.5, 0.6) is 0 Å². The van der Waals surface area contributed by atoms with Crippen molar-refractivity contribution in [1.29, 1.82) is 0 Å². The number of rotatable bonds is 20. The van der Waals surface area contributed by atoms with Gasteiger partial charge in [-0.25, -0.2) is 0 Å². The van der Waals surface area contributed by atoms with E-state index >= 15 is 0 Å². The average Bonchev–Trinajstić information content (AvgIpc) is 3.90. The standard InChI is InChI=1S/C73H74N2/c1-6-7-8-9-10-11-12-13-14-15-16-18-28-57-47-52(2)35-45-63(57)58-48-53(3)49-62(50-58)75-70-33-24-22-30-67(70)72-64(31-25-34-71(72)75)56-38-42-60(43-39-56)74(59-40-36-55(37-41-59)54-26-19-17-20-27-54)61-44-46-66-65-29-21-23-32-68(65)73(4,5)69(66)51-61/h17,19-27,29-51H,6-16,18,28H2,1-5H3. The number of fused-ring (bicyclic) bond motifs is 6. The van der Waals surface area contributed by atoms with E-state index in [1.165, 1.54) is 177 Å². The van der Waals surface area contributed by atoms with Gasteiger partial charge >= 0.3 is 0 Å². The molecule has 0 spiro atoms. The quantitative estimate of drug-likeness (QED) is 0.0691. The summed E-state index contributed by atoms with van der Waals surface area (Å²) < 4.78 is 2.51. The lowest BCUT2D eigenvalue weighted by Gasteiger charge is -2.28. The number of aryl methyl sites for hydroxylation is 3. The predicted octanol–water partition coefficient (Wildman–Crippen LogP) is 21.4. The summed E-state index contributed by atoms with van der Waals surface area (Å²) in [6.45, 7) is 11.5. The van der Waals surface area contributed by atoms with E-state index < -0.39 is 0 Å². The van der Waals surface area contributed by atoms with Crippen LogP contribution in [0.3, 0.4) is 0 Å². The Hall–Kier alpha value is -7.42. The number of unbranched alkanes of at least 4 members (excludes halogenated alkanes) is 11. The monoisotopic (exact) mass is 979 g/mol. The van der Waals surface area contributed by atoms with Crippen LogP contribution in [0.4, 0.5) is 17.1 Å². The molecule has 1 aliphatic carbocycles. The lowest BCUT2D eigenvalue weighted by molar-refractivity contribution is 0.544. The fourth-order valence-electron chi connectivity index (χ4n) is 12.5. The molecule has 0 aliphatic heterocycles. The van der Waals surface area contributed by atoms with Gasteiger partial charge in [0.05, 0.1) is 11.0 Å². The van der Waals surface area contributed by atoms with E-state index in [2.05, 4.69) is 244 Å². The smallest absolute Gasteiger partial charge is 0.0547 e. The van der Waals surface area contributed by atoms with Crippen molar-refractivity contribution in [1.82, 2.24) is 4.57 Å². The van der Waals surface area contributed by atoms with Gasteiger partial charge in [0.15, 0.2) is 0 Å². The van der Waals surface area contributed by atoms with Crippen LogP contribution in [-0.4, -0.2) is 4.57 Å². The molecule has 0 amide bonds. The molecular weight excluding hydrogens is 905 g/mol. The Balaban J connectivity index is 0.903. The zero-order valence-corrected chi connectivity index (χ0v) is 45.1. The van der Waals surface area contributed by atoms with Crippen LogP contribution in [0, 0.1) is 13.8 Å². The van der Waals surface area contributed by atoms with Crippen molar-refractivity contribution in [2.75, 3.05) is 4.90 Å². The summed E-state index contributed by atoms with van der Waals surface area (Å²) in [5.74, 6) is 0. The number of nitrogens with zero attached hydrogens (tertiary/aromatic N) is 2. The molecule has 11 rings (SSSR count). The Labute approximate surface area is 447 Å². The molecule has 0 N–H and O–H groups in total. The maximum atomic E-state index is 2.51. The molecule has 75 heavy (non-hydrogen) atoms. The minimum Gasteiger partial charge on any atom is -0.310 e. The second kappa shape index (κ2) is 22.2. The number of hydrogen-bond donors (Lipinski definition) is 0. The minimum atomic E-state index is -0.109. The highest BCUT2D eigenvalue weighted by molar-refractivity contribution is 6.16. The second-order valence-corrected chi connectivity index (χ2v) is 22.1. The molecular formula is C73H74N2. The van der Waals surface area contributed by atoms with Gasteiger partial charge in [-0.3, -0.25) is 0 Å². The molecule has 0 saturated carbocycles. The molecule has 0 unspecified atom stereocenters. The minimum absolute atomic E-state index is 0.109. The molecule has 1 aliphatic rings. The fourth-order valence-corrected chi connectivity index (χ4v) is 12.5. The van der Waals surface area contributed by atoms with Gasteiger partial charge in [-0.15, -0.1) is 0 Å². The van der Waals surface area contributed by atoms with E-state index in [-0.39, 0.29) is 5.41 Å². The summed E-state index contributed by atoms with van der Waals surface area (Å²) in [7, 11) is 0. The highest BCUT2D eigenvalue weighted by Gasteiger charge is 2.36. The summed E-state index contributed by atoms with van der Waals surface area (Å²) in [5, 5.41) is 2.54. The first kappa shape index (κ1) is 49.8. The van der Waals surface area contributed by atoms with E-state index in [4.69, 9.17) is 0 Å². The Morgan fingerprint density at radius 1 is 0.387 bits per heavy atom. The summed E-state index contributed by atoms with van der Waals surface area (Å²) >= 11 is 0. The molecule has 0 radical (unpaired) electrons. The Morgan fingerprint density at radius 2 is 0.960 bits per heavy atom. The first-order chi connectivity index (χ1) is 36.8. The molecule has 9 aromatic carbocycles. The van der Waals surface area contributed by atoms with Crippen molar-refractivity contribution in [2.45, 2.75) is 124 Å². The highest BCUT2D eigenvalue weighted by atomic mass is 15.1. The van der Waals surface area contributed by atoms with Crippen molar-refractivity contribution in [3.05, 3.63) is 228 Å². The topological polar surface area (TPSA) is 8.17 Å². The van der Waals surface area contributed by atoms with Crippen LogP contribution in [0.25, 0.3) is 72.0 Å². The zero-order valence-electron chi connectivity index (χ0n) is 45.1. The molecule has 0 saturated heterocycles. The van der Waals surface area contributed by atoms with Crippen LogP contribution in [0.15, 0.2) is 200 Å². The van der Waals surface area contributed by atoms with Crippen molar-refractivity contribution in [2.24, 2.45) is 0 Å². The Bertz CT molecular complexity index is 3570. The van der Waals surface area contributed by atoms with Crippen LogP contribution in [-0.2, 0) is 11.8 Å². The second-order valence-electron chi connectivity index (χ2n) is 22.1. The van der Waals surface area contributed by atoms with Gasteiger partial charge in [-0.05, 0) is 154 Å². The van der Waals surface area contributed by atoms with E-state index in [9.17, 15) is 0 Å². The third-order valence-corrected chi connectivity index (χ3v) is 16.4. The van der Waals surface area contributed by atoms with E-state index in [1.54, 1.807) is 0 Å². The summed E-state index contributed by atoms with van der Waals surface area (Å²) in [6, 6.07) is 75.2. The Kier molecular flexibility index (Phi) is 14.7. The van der Waals surface area contributed by atoms with Crippen molar-refractivity contribution < 1.29 is 0 Å². The molecule has 0 bridgehead atoms. The summed E-state index contributed by atoms with van der Waals surface area (Å²) in [4.78, 5) is 2.43. The van der Waals surface area contributed by atoms with Crippen LogP contribution < -0.4 is 4.90 Å². The number of anilines is 3. The maximum absolute atomic E-state index is 2.51. The van der Waals surface area contributed by atoms with Crippen LogP contribution in [0.1, 0.15) is 126 Å². The maximum Gasteiger partial charge on any atom is 0.0547 e. The molecule has 376 valence electrons. The normalized spacial score (nSPS) is 12.6. The van der Waals surface area contributed by atoms with Crippen molar-refractivity contribution in [3.63, 3.8) is 0 Å². The zero-order chi connectivity index (χ0) is 51.3. The van der Waals surface area contributed by atoms with Gasteiger partial charge < -0.3 is 9.47 Å².